The molecule has 0 bridgehead atoms. The minimum absolute atomic E-state index is 0.0920. The Morgan fingerprint density at radius 3 is 2.50 bits per heavy atom. The average molecular weight is 407 g/mol. The summed E-state index contributed by atoms with van der Waals surface area (Å²) in [4.78, 5) is 13.4. The maximum absolute atomic E-state index is 13.4. The third-order valence-electron chi connectivity index (χ3n) is 6.10. The van der Waals surface area contributed by atoms with Crippen LogP contribution in [0.3, 0.4) is 0 Å². The van der Waals surface area contributed by atoms with Crippen LogP contribution in [0, 0.1) is 5.41 Å². The fourth-order valence-electron chi connectivity index (χ4n) is 4.78. The van der Waals surface area contributed by atoms with E-state index in [1.54, 1.807) is 14.2 Å². The number of nitrogens with one attached hydrogen (secondary N) is 1. The highest BCUT2D eigenvalue weighted by Crippen LogP contribution is 2.53. The minimum Gasteiger partial charge on any atom is -0.497 e. The number of carbonyl (C=O) groups is 1. The first-order chi connectivity index (χ1) is 14.4. The molecule has 0 saturated carbocycles. The number of ketones is 1. The van der Waals surface area contributed by atoms with Gasteiger partial charge in [-0.25, -0.2) is 0 Å². The quantitative estimate of drug-likeness (QED) is 0.800. The van der Waals surface area contributed by atoms with Crippen molar-refractivity contribution in [1.82, 2.24) is 0 Å². The Morgan fingerprint density at radius 1 is 1.00 bits per heavy atom. The molecule has 0 unspecified atom stereocenters. The molecule has 0 aromatic heterocycles. The van der Waals surface area contributed by atoms with E-state index in [0.717, 1.165) is 34.5 Å². The Hall–Kier alpha value is -3.15. The van der Waals surface area contributed by atoms with E-state index < -0.39 is 0 Å². The summed E-state index contributed by atoms with van der Waals surface area (Å²) < 4.78 is 22.3. The first-order valence-corrected chi connectivity index (χ1v) is 10.1. The highest BCUT2D eigenvalue weighted by molar-refractivity contribution is 6.02. The summed E-state index contributed by atoms with van der Waals surface area (Å²) in [6.07, 6.45) is 1.32. The molecule has 2 aromatic rings. The van der Waals surface area contributed by atoms with Gasteiger partial charge in [0.1, 0.15) is 11.5 Å². The molecule has 30 heavy (non-hydrogen) atoms. The molecule has 1 atom stereocenters. The molecule has 6 nitrogen and oxygen atoms in total. The van der Waals surface area contributed by atoms with Crippen LogP contribution in [0.25, 0.3) is 0 Å². The smallest absolute Gasteiger partial charge is 0.231 e. The van der Waals surface area contributed by atoms with Gasteiger partial charge in [-0.1, -0.05) is 19.9 Å². The number of benzene rings is 2. The maximum Gasteiger partial charge on any atom is 0.231 e. The summed E-state index contributed by atoms with van der Waals surface area (Å²) >= 11 is 0. The lowest BCUT2D eigenvalue weighted by Gasteiger charge is -2.39. The molecule has 2 aliphatic heterocycles. The van der Waals surface area contributed by atoms with Gasteiger partial charge in [0.15, 0.2) is 17.3 Å². The van der Waals surface area contributed by atoms with E-state index in [4.69, 9.17) is 18.9 Å². The van der Waals surface area contributed by atoms with E-state index in [1.165, 1.54) is 0 Å². The van der Waals surface area contributed by atoms with Crippen LogP contribution in [0.15, 0.2) is 41.6 Å². The number of methoxy groups -OCH3 is 2. The van der Waals surface area contributed by atoms with E-state index in [1.807, 2.05) is 30.3 Å². The van der Waals surface area contributed by atoms with Crippen molar-refractivity contribution < 1.29 is 23.7 Å². The molecule has 0 radical (unpaired) electrons. The molecule has 0 saturated heterocycles. The summed E-state index contributed by atoms with van der Waals surface area (Å²) in [5.41, 5.74) is 4.54. The molecule has 3 aliphatic rings. The third-order valence-corrected chi connectivity index (χ3v) is 6.10. The van der Waals surface area contributed by atoms with Crippen LogP contribution >= 0.6 is 0 Å². The molecule has 6 heteroatoms. The molecule has 1 N–H and O–H groups in total. The van der Waals surface area contributed by atoms with Crippen LogP contribution in [0.4, 0.5) is 5.69 Å². The van der Waals surface area contributed by atoms with Gasteiger partial charge in [0.05, 0.1) is 14.2 Å². The van der Waals surface area contributed by atoms with E-state index in [9.17, 15) is 4.79 Å². The lowest BCUT2D eigenvalue weighted by atomic mass is 9.68. The summed E-state index contributed by atoms with van der Waals surface area (Å²) in [6, 6.07) is 9.71. The molecule has 156 valence electrons. The number of hydrogen-bond acceptors (Lipinski definition) is 6. The zero-order valence-corrected chi connectivity index (χ0v) is 17.6. The highest BCUT2D eigenvalue weighted by atomic mass is 16.7. The van der Waals surface area contributed by atoms with E-state index in [-0.39, 0.29) is 23.9 Å². The van der Waals surface area contributed by atoms with Crippen LogP contribution in [0.1, 0.15) is 43.7 Å². The van der Waals surface area contributed by atoms with Crippen LogP contribution in [0.2, 0.25) is 0 Å². The van der Waals surface area contributed by atoms with Crippen molar-refractivity contribution in [2.45, 2.75) is 32.6 Å². The van der Waals surface area contributed by atoms with Gasteiger partial charge in [0, 0.05) is 47.0 Å². The van der Waals surface area contributed by atoms with Crippen molar-refractivity contribution in [3.05, 3.63) is 52.7 Å². The van der Waals surface area contributed by atoms with E-state index in [2.05, 4.69) is 19.2 Å². The molecule has 2 heterocycles. The molecular weight excluding hydrogens is 382 g/mol. The second kappa shape index (κ2) is 6.69. The predicted octanol–water partition coefficient (Wildman–Crippen LogP) is 4.63. The Labute approximate surface area is 175 Å². The number of fused-ring (bicyclic) bond motifs is 2. The Bertz CT molecular complexity index is 1090. The number of allylic oxidation sites excluding steroid dienone is 2. The summed E-state index contributed by atoms with van der Waals surface area (Å²) in [5, 5.41) is 3.53. The van der Waals surface area contributed by atoms with Gasteiger partial charge in [0.25, 0.3) is 0 Å². The molecule has 0 fully saturated rings. The number of ether oxygens (including phenoxy) is 4. The summed E-state index contributed by atoms with van der Waals surface area (Å²) in [6.45, 7) is 4.47. The largest absolute Gasteiger partial charge is 0.497 e. The standard InChI is InChI=1S/C24H25NO5/c1-24(2)10-17-23(18(26)11-24)22(14-6-5-13(27-3)7-19(14)28-4)15-8-20-21(30-12-29-20)9-16(15)25-17/h5-9,22,25H,10-12H2,1-4H3/t22-/m0/s1. The second-order valence-corrected chi connectivity index (χ2v) is 8.79. The Kier molecular flexibility index (Phi) is 4.20. The number of anilines is 1. The van der Waals surface area contributed by atoms with E-state index in [0.29, 0.717) is 29.4 Å². The molecule has 0 amide bonds. The van der Waals surface area contributed by atoms with Crippen LogP contribution in [-0.4, -0.2) is 26.8 Å². The Morgan fingerprint density at radius 2 is 1.77 bits per heavy atom. The predicted molar refractivity (Wildman–Crippen MR) is 113 cm³/mol. The van der Waals surface area contributed by atoms with Gasteiger partial charge in [-0.15, -0.1) is 0 Å². The average Bonchev–Trinajstić information content (AvgIpc) is 3.16. The van der Waals surface area contributed by atoms with E-state index >= 15 is 0 Å². The topological polar surface area (TPSA) is 66.0 Å². The number of carbonyl (C=O) groups excluding carboxylic acids is 1. The number of rotatable bonds is 3. The highest BCUT2D eigenvalue weighted by Gasteiger charge is 2.42. The van der Waals surface area contributed by atoms with Gasteiger partial charge in [-0.2, -0.15) is 0 Å². The molecule has 0 spiro atoms. The third kappa shape index (κ3) is 2.90. The first kappa shape index (κ1) is 18.9. The zero-order valence-electron chi connectivity index (χ0n) is 17.6. The van der Waals surface area contributed by atoms with Gasteiger partial charge >= 0.3 is 0 Å². The zero-order chi connectivity index (χ0) is 21.0. The van der Waals surface area contributed by atoms with Gasteiger partial charge < -0.3 is 24.3 Å². The fourth-order valence-corrected chi connectivity index (χ4v) is 4.78. The van der Waals surface area contributed by atoms with Crippen LogP contribution < -0.4 is 24.3 Å². The summed E-state index contributed by atoms with van der Waals surface area (Å²) in [7, 11) is 3.27. The monoisotopic (exact) mass is 407 g/mol. The first-order valence-electron chi connectivity index (χ1n) is 10.1. The summed E-state index contributed by atoms with van der Waals surface area (Å²) in [5.74, 6) is 2.72. The lowest BCUT2D eigenvalue weighted by molar-refractivity contribution is -0.118. The van der Waals surface area contributed by atoms with Crippen LogP contribution in [-0.2, 0) is 4.79 Å². The van der Waals surface area contributed by atoms with Crippen molar-refractivity contribution >= 4 is 11.5 Å². The molecular formula is C24H25NO5. The second-order valence-electron chi connectivity index (χ2n) is 8.79. The fraction of sp³-hybridized carbons (Fsp3) is 0.375. The lowest BCUT2D eigenvalue weighted by Crippen LogP contribution is -2.33. The van der Waals surface area contributed by atoms with Gasteiger partial charge in [0.2, 0.25) is 6.79 Å². The Balaban J connectivity index is 1.75. The van der Waals surface area contributed by atoms with Crippen molar-refractivity contribution in [2.75, 3.05) is 26.3 Å². The minimum atomic E-state index is -0.254. The molecule has 2 aromatic carbocycles. The van der Waals surface area contributed by atoms with Crippen molar-refractivity contribution in [3.63, 3.8) is 0 Å². The number of hydrogen-bond donors (Lipinski definition) is 1. The van der Waals surface area contributed by atoms with Crippen molar-refractivity contribution in [3.8, 4) is 23.0 Å². The number of Topliss-reactive ketones (excluding diaryl/α,β-unsaturated/α-hetero) is 1. The molecule has 1 aliphatic carbocycles. The van der Waals surface area contributed by atoms with Gasteiger partial charge in [-0.05, 0) is 29.5 Å². The molecule has 5 rings (SSSR count). The van der Waals surface area contributed by atoms with Crippen molar-refractivity contribution in [2.24, 2.45) is 5.41 Å². The van der Waals surface area contributed by atoms with Crippen LogP contribution in [0.5, 0.6) is 23.0 Å². The van der Waals surface area contributed by atoms with Crippen molar-refractivity contribution in [1.29, 1.82) is 0 Å². The van der Waals surface area contributed by atoms with Gasteiger partial charge in [-0.3, -0.25) is 4.79 Å². The SMILES string of the molecule is COc1ccc([C@@H]2C3=C(CC(C)(C)CC3=O)Nc3cc4c(cc32)OCO4)c(OC)c1. The maximum atomic E-state index is 13.4. The normalized spacial score (nSPS) is 20.9.